The molecule has 29 heavy (non-hydrogen) atoms. The van der Waals surface area contributed by atoms with E-state index in [2.05, 4.69) is 29.3 Å². The Kier molecular flexibility index (Phi) is 5.69. The number of rotatable bonds is 5. The lowest BCUT2D eigenvalue weighted by Crippen LogP contribution is -2.40. The highest BCUT2D eigenvalue weighted by atomic mass is 16.5. The Morgan fingerprint density at radius 3 is 2.59 bits per heavy atom. The van der Waals surface area contributed by atoms with Gasteiger partial charge < -0.3 is 19.9 Å². The predicted octanol–water partition coefficient (Wildman–Crippen LogP) is 3.68. The van der Waals surface area contributed by atoms with E-state index in [0.29, 0.717) is 12.3 Å². The van der Waals surface area contributed by atoms with Gasteiger partial charge in [-0.3, -0.25) is 9.59 Å². The fourth-order valence-corrected chi connectivity index (χ4v) is 3.86. The van der Waals surface area contributed by atoms with Crippen molar-refractivity contribution < 1.29 is 14.3 Å². The quantitative estimate of drug-likeness (QED) is 0.842. The molecule has 2 aromatic carbocycles. The number of nitrogens with one attached hydrogen (secondary N) is 1. The molecule has 4 rings (SSSR count). The molecule has 0 aromatic heterocycles. The standard InChI is InChI=1S/C23H27N3O3/c1-17-10-13-25(14-11-17)19-8-6-18(7-9-19)24-22(27)12-15-26-20-4-2-3-5-21(20)29-16-23(26)28/h2-9,17H,10-16H2,1H3,(H,24,27). The van der Waals surface area contributed by atoms with Gasteiger partial charge in [-0.05, 0) is 55.2 Å². The molecule has 6 heteroatoms. The maximum Gasteiger partial charge on any atom is 0.265 e. The van der Waals surface area contributed by atoms with Gasteiger partial charge >= 0.3 is 0 Å². The van der Waals surface area contributed by atoms with Crippen LogP contribution >= 0.6 is 0 Å². The van der Waals surface area contributed by atoms with E-state index < -0.39 is 0 Å². The molecular formula is C23H27N3O3. The topological polar surface area (TPSA) is 61.9 Å². The van der Waals surface area contributed by atoms with Crippen molar-refractivity contribution in [3.8, 4) is 5.75 Å². The number of nitrogens with zero attached hydrogens (tertiary/aromatic N) is 2. The molecule has 2 aliphatic heterocycles. The van der Waals surface area contributed by atoms with Gasteiger partial charge in [0.1, 0.15) is 5.75 Å². The van der Waals surface area contributed by atoms with Gasteiger partial charge in [0, 0.05) is 37.4 Å². The first-order valence-corrected chi connectivity index (χ1v) is 10.3. The molecule has 2 aliphatic rings. The number of benzene rings is 2. The third-order valence-electron chi connectivity index (χ3n) is 5.67. The summed E-state index contributed by atoms with van der Waals surface area (Å²) in [5.74, 6) is 1.24. The van der Waals surface area contributed by atoms with Gasteiger partial charge in [-0.2, -0.15) is 0 Å². The molecule has 0 spiro atoms. The van der Waals surface area contributed by atoms with Crippen molar-refractivity contribution in [2.75, 3.05) is 41.4 Å². The Labute approximate surface area is 171 Å². The van der Waals surface area contributed by atoms with Gasteiger partial charge in [0.25, 0.3) is 5.91 Å². The fraction of sp³-hybridized carbons (Fsp3) is 0.391. The van der Waals surface area contributed by atoms with Gasteiger partial charge in [-0.15, -0.1) is 0 Å². The summed E-state index contributed by atoms with van der Waals surface area (Å²) in [6.45, 7) is 4.81. The molecule has 152 valence electrons. The van der Waals surface area contributed by atoms with Crippen LogP contribution in [-0.4, -0.2) is 38.1 Å². The number of para-hydroxylation sites is 2. The summed E-state index contributed by atoms with van der Waals surface area (Å²) < 4.78 is 5.44. The predicted molar refractivity (Wildman–Crippen MR) is 115 cm³/mol. The highest BCUT2D eigenvalue weighted by molar-refractivity contribution is 5.99. The number of piperidine rings is 1. The monoisotopic (exact) mass is 393 g/mol. The Morgan fingerprint density at radius 1 is 1.10 bits per heavy atom. The Hall–Kier alpha value is -3.02. The van der Waals surface area contributed by atoms with Crippen molar-refractivity contribution in [3.05, 3.63) is 48.5 Å². The lowest BCUT2D eigenvalue weighted by atomic mass is 9.99. The highest BCUT2D eigenvalue weighted by Crippen LogP contribution is 2.31. The zero-order valence-corrected chi connectivity index (χ0v) is 16.8. The van der Waals surface area contributed by atoms with Crippen molar-refractivity contribution in [2.24, 2.45) is 5.92 Å². The SMILES string of the molecule is CC1CCN(c2ccc(NC(=O)CCN3C(=O)COc4ccccc43)cc2)CC1. The van der Waals surface area contributed by atoms with Crippen LogP contribution in [0.2, 0.25) is 0 Å². The minimum atomic E-state index is -0.128. The molecule has 0 unspecified atom stereocenters. The Bertz CT molecular complexity index is 873. The van der Waals surface area contributed by atoms with Gasteiger partial charge in [0.05, 0.1) is 5.69 Å². The number of hydrogen-bond acceptors (Lipinski definition) is 4. The van der Waals surface area contributed by atoms with Crippen molar-refractivity contribution in [1.82, 2.24) is 0 Å². The molecule has 1 saturated heterocycles. The molecule has 0 atom stereocenters. The number of anilines is 3. The number of carbonyl (C=O) groups excluding carboxylic acids is 2. The first-order valence-electron chi connectivity index (χ1n) is 10.3. The third-order valence-corrected chi connectivity index (χ3v) is 5.67. The van der Waals surface area contributed by atoms with E-state index in [0.717, 1.165) is 30.4 Å². The molecule has 0 aliphatic carbocycles. The average molecular weight is 393 g/mol. The van der Waals surface area contributed by atoms with E-state index in [9.17, 15) is 9.59 Å². The number of ether oxygens (including phenoxy) is 1. The van der Waals surface area contributed by atoms with E-state index in [1.165, 1.54) is 18.5 Å². The maximum absolute atomic E-state index is 12.4. The summed E-state index contributed by atoms with van der Waals surface area (Å²) in [6.07, 6.45) is 2.68. The molecule has 1 fully saturated rings. The minimum Gasteiger partial charge on any atom is -0.482 e. The van der Waals surface area contributed by atoms with Crippen molar-refractivity contribution in [2.45, 2.75) is 26.2 Å². The third kappa shape index (κ3) is 4.53. The van der Waals surface area contributed by atoms with E-state index in [4.69, 9.17) is 4.74 Å². The van der Waals surface area contributed by atoms with Crippen LogP contribution in [0.5, 0.6) is 5.75 Å². The van der Waals surface area contributed by atoms with E-state index in [1.807, 2.05) is 36.4 Å². The van der Waals surface area contributed by atoms with Crippen LogP contribution < -0.4 is 19.9 Å². The van der Waals surface area contributed by atoms with E-state index >= 15 is 0 Å². The van der Waals surface area contributed by atoms with Crippen molar-refractivity contribution >= 4 is 28.9 Å². The zero-order chi connectivity index (χ0) is 20.2. The number of carbonyl (C=O) groups is 2. The summed E-state index contributed by atoms with van der Waals surface area (Å²) in [5, 5.41) is 2.93. The molecular weight excluding hydrogens is 366 g/mol. The molecule has 6 nitrogen and oxygen atoms in total. The molecule has 2 amide bonds. The van der Waals surface area contributed by atoms with Crippen LogP contribution in [0, 0.1) is 5.92 Å². The molecule has 0 radical (unpaired) electrons. The van der Waals surface area contributed by atoms with Crippen LogP contribution in [-0.2, 0) is 9.59 Å². The average Bonchev–Trinajstić information content (AvgIpc) is 2.74. The summed E-state index contributed by atoms with van der Waals surface area (Å²) in [4.78, 5) is 28.6. The van der Waals surface area contributed by atoms with Gasteiger partial charge in [0.15, 0.2) is 6.61 Å². The summed E-state index contributed by atoms with van der Waals surface area (Å²) in [7, 11) is 0. The first-order chi connectivity index (χ1) is 14.1. The lowest BCUT2D eigenvalue weighted by Gasteiger charge is -2.32. The lowest BCUT2D eigenvalue weighted by molar-refractivity contribution is -0.121. The van der Waals surface area contributed by atoms with Crippen molar-refractivity contribution in [1.29, 1.82) is 0 Å². The highest BCUT2D eigenvalue weighted by Gasteiger charge is 2.25. The van der Waals surface area contributed by atoms with Gasteiger partial charge in [-0.25, -0.2) is 0 Å². The van der Waals surface area contributed by atoms with Crippen LogP contribution in [0.4, 0.5) is 17.1 Å². The molecule has 0 bridgehead atoms. The smallest absolute Gasteiger partial charge is 0.265 e. The summed E-state index contributed by atoms with van der Waals surface area (Å²) in [5.41, 5.74) is 2.69. The van der Waals surface area contributed by atoms with E-state index in [1.54, 1.807) is 4.90 Å². The molecule has 2 heterocycles. The van der Waals surface area contributed by atoms with E-state index in [-0.39, 0.29) is 24.8 Å². The molecule has 1 N–H and O–H groups in total. The fourth-order valence-electron chi connectivity index (χ4n) is 3.86. The first kappa shape index (κ1) is 19.3. The Balaban J connectivity index is 1.32. The number of hydrogen-bond donors (Lipinski definition) is 1. The second kappa shape index (κ2) is 8.55. The zero-order valence-electron chi connectivity index (χ0n) is 16.8. The van der Waals surface area contributed by atoms with Crippen LogP contribution in [0.25, 0.3) is 0 Å². The normalized spacial score (nSPS) is 16.9. The van der Waals surface area contributed by atoms with Crippen LogP contribution in [0.3, 0.4) is 0 Å². The largest absolute Gasteiger partial charge is 0.482 e. The molecule has 0 saturated carbocycles. The second-order valence-corrected chi connectivity index (χ2v) is 7.82. The van der Waals surface area contributed by atoms with Gasteiger partial charge in [0.2, 0.25) is 5.91 Å². The van der Waals surface area contributed by atoms with Crippen LogP contribution in [0.1, 0.15) is 26.2 Å². The second-order valence-electron chi connectivity index (χ2n) is 7.82. The number of fused-ring (bicyclic) bond motifs is 1. The number of amides is 2. The minimum absolute atomic E-state index is 0.00930. The molecule has 2 aromatic rings. The summed E-state index contributed by atoms with van der Waals surface area (Å²) >= 11 is 0. The van der Waals surface area contributed by atoms with Crippen molar-refractivity contribution in [3.63, 3.8) is 0 Å². The summed E-state index contributed by atoms with van der Waals surface area (Å²) in [6, 6.07) is 15.4. The Morgan fingerprint density at radius 2 is 1.83 bits per heavy atom. The van der Waals surface area contributed by atoms with Gasteiger partial charge in [-0.1, -0.05) is 19.1 Å². The maximum atomic E-state index is 12.4. The van der Waals surface area contributed by atoms with Crippen LogP contribution in [0.15, 0.2) is 48.5 Å².